The van der Waals surface area contributed by atoms with Crippen molar-refractivity contribution in [1.29, 1.82) is 0 Å². The van der Waals surface area contributed by atoms with E-state index >= 15 is 0 Å². The van der Waals surface area contributed by atoms with Crippen molar-refractivity contribution in [1.82, 2.24) is 25.2 Å². The van der Waals surface area contributed by atoms with Gasteiger partial charge in [-0.05, 0) is 22.9 Å². The van der Waals surface area contributed by atoms with E-state index in [4.69, 9.17) is 4.98 Å². The first-order valence-electron chi connectivity index (χ1n) is 6.09. The van der Waals surface area contributed by atoms with Gasteiger partial charge < -0.3 is 0 Å². The number of tetrazole rings is 1. The molecule has 0 aliphatic heterocycles. The van der Waals surface area contributed by atoms with Crippen LogP contribution in [0.15, 0.2) is 34.8 Å². The molecule has 0 aliphatic rings. The quantitative estimate of drug-likeness (QED) is 0.694. The summed E-state index contributed by atoms with van der Waals surface area (Å²) in [6.07, 6.45) is 0. The van der Waals surface area contributed by atoms with Gasteiger partial charge in [0.2, 0.25) is 5.16 Å². The van der Waals surface area contributed by atoms with Crippen molar-refractivity contribution in [2.24, 2.45) is 7.05 Å². The van der Waals surface area contributed by atoms with Gasteiger partial charge in [-0.1, -0.05) is 36.0 Å². The Kier molecular flexibility index (Phi) is 3.79. The van der Waals surface area contributed by atoms with Crippen LogP contribution in [0.2, 0.25) is 0 Å². The van der Waals surface area contributed by atoms with Gasteiger partial charge in [-0.15, -0.1) is 16.4 Å². The monoisotopic (exact) mass is 303 g/mol. The number of thioether (sulfide) groups is 1. The molecule has 0 atom stereocenters. The lowest BCUT2D eigenvalue weighted by molar-refractivity contribution is 0.664. The predicted molar refractivity (Wildman–Crippen MR) is 80.6 cm³/mol. The average Bonchev–Trinajstić information content (AvgIpc) is 3.06. The zero-order valence-electron chi connectivity index (χ0n) is 11.1. The summed E-state index contributed by atoms with van der Waals surface area (Å²) in [5.74, 6) is 0.774. The number of nitrogens with zero attached hydrogens (tertiary/aromatic N) is 5. The van der Waals surface area contributed by atoms with Crippen LogP contribution >= 0.6 is 23.1 Å². The fourth-order valence-corrected chi connectivity index (χ4v) is 3.55. The van der Waals surface area contributed by atoms with Gasteiger partial charge in [0.05, 0.1) is 5.69 Å². The van der Waals surface area contributed by atoms with Crippen molar-refractivity contribution in [2.75, 3.05) is 0 Å². The van der Waals surface area contributed by atoms with Gasteiger partial charge in [0.25, 0.3) is 0 Å². The van der Waals surface area contributed by atoms with Gasteiger partial charge in [-0.25, -0.2) is 9.67 Å². The zero-order valence-corrected chi connectivity index (χ0v) is 12.8. The minimum absolute atomic E-state index is 0.774. The maximum absolute atomic E-state index is 4.69. The number of thiazole rings is 1. The minimum Gasteiger partial charge on any atom is -0.240 e. The van der Waals surface area contributed by atoms with E-state index in [0.29, 0.717) is 0 Å². The molecule has 2 aromatic heterocycles. The van der Waals surface area contributed by atoms with Gasteiger partial charge >= 0.3 is 0 Å². The van der Waals surface area contributed by atoms with Crippen molar-refractivity contribution < 1.29 is 0 Å². The van der Waals surface area contributed by atoms with Crippen molar-refractivity contribution in [3.05, 3.63) is 40.9 Å². The molecule has 2 heterocycles. The molecule has 0 amide bonds. The molecule has 0 fully saturated rings. The molecule has 7 heteroatoms. The second-order valence-corrected chi connectivity index (χ2v) is 6.13. The molecule has 5 nitrogen and oxygen atoms in total. The summed E-state index contributed by atoms with van der Waals surface area (Å²) in [7, 11) is 1.84. The van der Waals surface area contributed by atoms with Crippen LogP contribution in [0.4, 0.5) is 0 Å². The third-order valence-corrected chi connectivity index (χ3v) is 4.83. The highest BCUT2D eigenvalue weighted by atomic mass is 32.2. The average molecular weight is 303 g/mol. The molecule has 3 rings (SSSR count). The van der Waals surface area contributed by atoms with Gasteiger partial charge in [0, 0.05) is 23.7 Å². The summed E-state index contributed by atoms with van der Waals surface area (Å²) in [5.41, 5.74) is 3.51. The van der Waals surface area contributed by atoms with Gasteiger partial charge in [0.15, 0.2) is 0 Å². The van der Waals surface area contributed by atoms with Crippen LogP contribution in [0.1, 0.15) is 11.3 Å². The third-order valence-electron chi connectivity index (χ3n) is 2.86. The first-order valence-corrected chi connectivity index (χ1v) is 7.96. The third kappa shape index (κ3) is 2.73. The van der Waals surface area contributed by atoms with Crippen molar-refractivity contribution in [3.8, 4) is 10.6 Å². The van der Waals surface area contributed by atoms with Gasteiger partial charge in [-0.2, -0.15) is 0 Å². The molecular formula is C13H13N5S2. The Balaban J connectivity index is 1.74. The van der Waals surface area contributed by atoms with E-state index in [1.54, 1.807) is 27.8 Å². The summed E-state index contributed by atoms with van der Waals surface area (Å²) < 4.78 is 1.67. The van der Waals surface area contributed by atoms with Crippen molar-refractivity contribution >= 4 is 23.1 Å². The summed E-state index contributed by atoms with van der Waals surface area (Å²) in [5, 5.41) is 15.3. The first-order chi connectivity index (χ1) is 9.74. The van der Waals surface area contributed by atoms with Crippen molar-refractivity contribution in [2.45, 2.75) is 17.8 Å². The number of aromatic nitrogens is 5. The highest BCUT2D eigenvalue weighted by Crippen LogP contribution is 2.28. The molecule has 3 aromatic rings. The Morgan fingerprint density at radius 3 is 2.90 bits per heavy atom. The van der Waals surface area contributed by atoms with Crippen molar-refractivity contribution in [3.63, 3.8) is 0 Å². The van der Waals surface area contributed by atoms with Gasteiger partial charge in [-0.3, -0.25) is 0 Å². The lowest BCUT2D eigenvalue weighted by Crippen LogP contribution is -1.93. The Bertz CT molecular complexity index is 719. The number of hydrogen-bond donors (Lipinski definition) is 0. The Labute approximate surface area is 125 Å². The molecule has 0 unspecified atom stereocenters. The second kappa shape index (κ2) is 5.72. The Hall–Kier alpha value is -1.73. The van der Waals surface area contributed by atoms with E-state index in [2.05, 4.69) is 40.0 Å². The van der Waals surface area contributed by atoms with E-state index in [1.807, 2.05) is 19.2 Å². The fourth-order valence-electron chi connectivity index (χ4n) is 1.79. The second-order valence-electron chi connectivity index (χ2n) is 4.33. The molecule has 1 aromatic carbocycles. The van der Waals surface area contributed by atoms with E-state index in [1.165, 1.54) is 11.1 Å². The summed E-state index contributed by atoms with van der Waals surface area (Å²) in [4.78, 5) is 4.69. The van der Waals surface area contributed by atoms with Crippen LogP contribution in [0.3, 0.4) is 0 Å². The highest BCUT2D eigenvalue weighted by molar-refractivity contribution is 7.98. The molecule has 0 spiro atoms. The fraction of sp³-hybridized carbons (Fsp3) is 0.231. The molecule has 0 bridgehead atoms. The Morgan fingerprint density at radius 2 is 2.15 bits per heavy atom. The molecule has 0 N–H and O–H groups in total. The number of hydrogen-bond acceptors (Lipinski definition) is 6. The minimum atomic E-state index is 0.774. The smallest absolute Gasteiger partial charge is 0.209 e. The molecular weight excluding hydrogens is 290 g/mol. The van der Waals surface area contributed by atoms with E-state index in [-0.39, 0.29) is 0 Å². The summed E-state index contributed by atoms with van der Waals surface area (Å²) >= 11 is 3.27. The van der Waals surface area contributed by atoms with E-state index in [9.17, 15) is 0 Å². The topological polar surface area (TPSA) is 56.5 Å². The van der Waals surface area contributed by atoms with Crippen LogP contribution < -0.4 is 0 Å². The molecule has 0 radical (unpaired) electrons. The first kappa shape index (κ1) is 13.3. The lowest BCUT2D eigenvalue weighted by atomic mass is 10.1. The van der Waals surface area contributed by atoms with Crippen LogP contribution in [0.5, 0.6) is 0 Å². The lowest BCUT2D eigenvalue weighted by Gasteiger charge is -2.00. The van der Waals surface area contributed by atoms with E-state index < -0.39 is 0 Å². The molecule has 0 aliphatic carbocycles. The van der Waals surface area contributed by atoms with Crippen LogP contribution in [-0.2, 0) is 12.8 Å². The maximum Gasteiger partial charge on any atom is 0.209 e. The van der Waals surface area contributed by atoms with E-state index in [0.717, 1.165) is 21.6 Å². The van der Waals surface area contributed by atoms with Crippen LogP contribution in [-0.4, -0.2) is 25.2 Å². The normalized spacial score (nSPS) is 10.9. The number of rotatable bonds is 4. The molecule has 0 saturated carbocycles. The number of benzene rings is 1. The molecule has 0 saturated heterocycles. The molecule has 102 valence electrons. The largest absolute Gasteiger partial charge is 0.240 e. The Morgan fingerprint density at radius 1 is 1.30 bits per heavy atom. The van der Waals surface area contributed by atoms with Gasteiger partial charge in [0.1, 0.15) is 5.01 Å². The highest BCUT2D eigenvalue weighted by Gasteiger charge is 2.09. The summed E-state index contributed by atoms with van der Waals surface area (Å²) in [6, 6.07) is 8.31. The predicted octanol–water partition coefficient (Wildman–Crippen LogP) is 2.93. The number of aryl methyl sites for hydroxylation is 2. The maximum atomic E-state index is 4.69. The van der Waals surface area contributed by atoms with Crippen LogP contribution in [0, 0.1) is 6.92 Å². The van der Waals surface area contributed by atoms with Crippen LogP contribution in [0.25, 0.3) is 10.6 Å². The standard InChI is InChI=1S/C13H13N5S2/c1-9-5-3-4-6-11(9)12-14-10(7-19-12)8-20-13-15-16-17-18(13)2/h3-7H,8H2,1-2H3. The summed E-state index contributed by atoms with van der Waals surface area (Å²) in [6.45, 7) is 2.11. The SMILES string of the molecule is Cc1ccccc1-c1nc(CSc2nnnn2C)cs1. The zero-order chi connectivity index (χ0) is 13.9. The molecule has 20 heavy (non-hydrogen) atoms.